The highest BCUT2D eigenvalue weighted by Crippen LogP contribution is 2.14. The zero-order chi connectivity index (χ0) is 13.8. The Morgan fingerprint density at radius 3 is 2.95 bits per heavy atom. The lowest BCUT2D eigenvalue weighted by molar-refractivity contribution is 0.264. The molecule has 0 amide bonds. The fourth-order valence-electron chi connectivity index (χ4n) is 2.71. The summed E-state index contributed by atoms with van der Waals surface area (Å²) in [6.45, 7) is 5.06. The minimum absolute atomic E-state index is 0.0169. The molecule has 2 heterocycles. The van der Waals surface area contributed by atoms with Crippen LogP contribution in [0.3, 0.4) is 0 Å². The van der Waals surface area contributed by atoms with Crippen molar-refractivity contribution in [2.75, 3.05) is 46.0 Å². The normalized spacial score (nSPS) is 20.3. The molecule has 0 saturated carbocycles. The molecule has 1 aromatic rings. The summed E-state index contributed by atoms with van der Waals surface area (Å²) in [6, 6.07) is 3.18. The van der Waals surface area contributed by atoms with Crippen molar-refractivity contribution < 1.29 is 0 Å². The van der Waals surface area contributed by atoms with E-state index in [1.165, 1.54) is 25.6 Å². The van der Waals surface area contributed by atoms with Crippen LogP contribution in [0.25, 0.3) is 0 Å². The lowest BCUT2D eigenvalue weighted by Crippen LogP contribution is -2.32. The van der Waals surface area contributed by atoms with E-state index < -0.39 is 0 Å². The standard InChI is InChI=1S/C14H24N4O/c1-16-6-5-12(9-16)10-17(2)7-8-18-11-13(15)3-4-14(18)19/h3-4,11-12H,5-10,15H2,1-2H3. The highest BCUT2D eigenvalue weighted by Gasteiger charge is 2.20. The molecule has 5 nitrogen and oxygen atoms in total. The molecular formula is C14H24N4O. The molecule has 1 aromatic heterocycles. The monoisotopic (exact) mass is 264 g/mol. The highest BCUT2D eigenvalue weighted by atomic mass is 16.1. The first-order chi connectivity index (χ1) is 9.04. The van der Waals surface area contributed by atoms with E-state index in [1.807, 2.05) is 0 Å². The van der Waals surface area contributed by atoms with Crippen molar-refractivity contribution in [1.82, 2.24) is 14.4 Å². The van der Waals surface area contributed by atoms with Gasteiger partial charge in [-0.2, -0.15) is 0 Å². The van der Waals surface area contributed by atoms with Gasteiger partial charge < -0.3 is 20.1 Å². The fraction of sp³-hybridized carbons (Fsp3) is 0.643. The number of likely N-dealkylation sites (tertiary alicyclic amines) is 1. The second-order valence-electron chi connectivity index (χ2n) is 5.67. The largest absolute Gasteiger partial charge is 0.398 e. The molecule has 19 heavy (non-hydrogen) atoms. The van der Waals surface area contributed by atoms with Crippen LogP contribution in [-0.2, 0) is 6.54 Å². The number of nitrogen functional groups attached to an aromatic ring is 1. The third kappa shape index (κ3) is 4.08. The van der Waals surface area contributed by atoms with Gasteiger partial charge in [-0.1, -0.05) is 0 Å². The second-order valence-corrected chi connectivity index (χ2v) is 5.67. The van der Waals surface area contributed by atoms with Gasteiger partial charge >= 0.3 is 0 Å². The van der Waals surface area contributed by atoms with Crippen molar-refractivity contribution in [2.24, 2.45) is 5.92 Å². The number of pyridine rings is 1. The van der Waals surface area contributed by atoms with Crippen LogP contribution in [0.1, 0.15) is 6.42 Å². The van der Waals surface area contributed by atoms with Crippen LogP contribution in [0.15, 0.2) is 23.1 Å². The molecule has 0 aromatic carbocycles. The number of nitrogens with two attached hydrogens (primary N) is 1. The Balaban J connectivity index is 1.81. The van der Waals surface area contributed by atoms with E-state index in [-0.39, 0.29) is 5.56 Å². The molecule has 0 radical (unpaired) electrons. The van der Waals surface area contributed by atoms with Gasteiger partial charge in [-0.05, 0) is 39.0 Å². The van der Waals surface area contributed by atoms with Gasteiger partial charge in [-0.15, -0.1) is 0 Å². The summed E-state index contributed by atoms with van der Waals surface area (Å²) in [5, 5.41) is 0. The Kier molecular flexibility index (Phi) is 4.61. The van der Waals surface area contributed by atoms with E-state index in [2.05, 4.69) is 23.9 Å². The highest BCUT2D eigenvalue weighted by molar-refractivity contribution is 5.33. The van der Waals surface area contributed by atoms with Crippen LogP contribution in [0.2, 0.25) is 0 Å². The molecule has 1 fully saturated rings. The van der Waals surface area contributed by atoms with Crippen LogP contribution in [0.5, 0.6) is 0 Å². The molecule has 1 aliphatic rings. The smallest absolute Gasteiger partial charge is 0.250 e. The predicted molar refractivity (Wildman–Crippen MR) is 78.2 cm³/mol. The minimum Gasteiger partial charge on any atom is -0.398 e. The van der Waals surface area contributed by atoms with Crippen LogP contribution >= 0.6 is 0 Å². The molecule has 0 spiro atoms. The molecular weight excluding hydrogens is 240 g/mol. The maximum absolute atomic E-state index is 11.7. The average Bonchev–Trinajstić information content (AvgIpc) is 2.76. The van der Waals surface area contributed by atoms with Gasteiger partial charge in [0, 0.05) is 44.1 Å². The zero-order valence-corrected chi connectivity index (χ0v) is 11.9. The number of anilines is 1. The van der Waals surface area contributed by atoms with Crippen molar-refractivity contribution in [3.63, 3.8) is 0 Å². The fourth-order valence-corrected chi connectivity index (χ4v) is 2.71. The van der Waals surface area contributed by atoms with Crippen molar-refractivity contribution in [3.05, 3.63) is 28.7 Å². The Morgan fingerprint density at radius 1 is 1.47 bits per heavy atom. The maximum Gasteiger partial charge on any atom is 0.250 e. The Hall–Kier alpha value is -1.33. The van der Waals surface area contributed by atoms with Crippen LogP contribution in [0, 0.1) is 5.92 Å². The molecule has 0 bridgehead atoms. The topological polar surface area (TPSA) is 54.5 Å². The summed E-state index contributed by atoms with van der Waals surface area (Å²) in [5.74, 6) is 0.757. The van der Waals surface area contributed by atoms with Gasteiger partial charge in [-0.3, -0.25) is 4.79 Å². The summed E-state index contributed by atoms with van der Waals surface area (Å²) in [6.07, 6.45) is 3.00. The van der Waals surface area contributed by atoms with Crippen LogP contribution in [-0.4, -0.2) is 54.6 Å². The quantitative estimate of drug-likeness (QED) is 0.832. The van der Waals surface area contributed by atoms with Crippen molar-refractivity contribution in [1.29, 1.82) is 0 Å². The Bertz CT molecular complexity index is 471. The molecule has 1 atom stereocenters. The lowest BCUT2D eigenvalue weighted by Gasteiger charge is -2.21. The first-order valence-electron chi connectivity index (χ1n) is 6.87. The Morgan fingerprint density at radius 2 is 2.26 bits per heavy atom. The lowest BCUT2D eigenvalue weighted by atomic mass is 10.1. The molecule has 5 heteroatoms. The van der Waals surface area contributed by atoms with Crippen LogP contribution in [0.4, 0.5) is 5.69 Å². The van der Waals surface area contributed by atoms with Crippen molar-refractivity contribution in [2.45, 2.75) is 13.0 Å². The molecule has 106 valence electrons. The summed E-state index contributed by atoms with van der Waals surface area (Å²) in [5.41, 5.74) is 6.36. The minimum atomic E-state index is 0.0169. The third-order valence-electron chi connectivity index (χ3n) is 3.79. The van der Waals surface area contributed by atoms with E-state index >= 15 is 0 Å². The second kappa shape index (κ2) is 6.21. The van der Waals surface area contributed by atoms with Gasteiger partial charge in [0.05, 0.1) is 0 Å². The zero-order valence-electron chi connectivity index (χ0n) is 11.9. The number of hydrogen-bond donors (Lipinski definition) is 1. The van der Waals surface area contributed by atoms with Gasteiger partial charge in [0.25, 0.3) is 5.56 Å². The molecule has 1 saturated heterocycles. The summed E-state index contributed by atoms with van der Waals surface area (Å²) >= 11 is 0. The van der Waals surface area contributed by atoms with Gasteiger partial charge in [0.1, 0.15) is 0 Å². The van der Waals surface area contributed by atoms with E-state index in [9.17, 15) is 4.79 Å². The summed E-state index contributed by atoms with van der Waals surface area (Å²) < 4.78 is 1.69. The van der Waals surface area contributed by atoms with Gasteiger partial charge in [-0.25, -0.2) is 0 Å². The third-order valence-corrected chi connectivity index (χ3v) is 3.79. The van der Waals surface area contributed by atoms with E-state index in [1.54, 1.807) is 16.8 Å². The van der Waals surface area contributed by atoms with Crippen molar-refractivity contribution >= 4 is 5.69 Å². The van der Waals surface area contributed by atoms with Gasteiger partial charge in [0.2, 0.25) is 0 Å². The first-order valence-corrected chi connectivity index (χ1v) is 6.87. The number of aromatic nitrogens is 1. The molecule has 2 N–H and O–H groups in total. The maximum atomic E-state index is 11.7. The SMILES string of the molecule is CN1CCC(CN(C)CCn2cc(N)ccc2=O)C1. The summed E-state index contributed by atoms with van der Waals surface area (Å²) in [7, 11) is 4.29. The van der Waals surface area contributed by atoms with Crippen LogP contribution < -0.4 is 11.3 Å². The van der Waals surface area contributed by atoms with E-state index in [0.717, 1.165) is 19.0 Å². The molecule has 1 aliphatic heterocycles. The molecule has 1 unspecified atom stereocenters. The molecule has 0 aliphatic carbocycles. The molecule has 2 rings (SSSR count). The number of rotatable bonds is 5. The van der Waals surface area contributed by atoms with E-state index in [0.29, 0.717) is 12.2 Å². The number of hydrogen-bond acceptors (Lipinski definition) is 4. The number of nitrogens with zero attached hydrogens (tertiary/aromatic N) is 3. The number of likely N-dealkylation sites (N-methyl/N-ethyl adjacent to an activating group) is 1. The summed E-state index contributed by atoms with van der Waals surface area (Å²) in [4.78, 5) is 16.3. The average molecular weight is 264 g/mol. The van der Waals surface area contributed by atoms with Gasteiger partial charge in [0.15, 0.2) is 0 Å². The first kappa shape index (κ1) is 14.1. The van der Waals surface area contributed by atoms with E-state index in [4.69, 9.17) is 5.73 Å². The Labute approximate surface area is 114 Å². The van der Waals surface area contributed by atoms with Crippen molar-refractivity contribution in [3.8, 4) is 0 Å². The predicted octanol–water partition coefficient (Wildman–Crippen LogP) is 0.314.